The molecule has 5 rings (SSSR count). The van der Waals surface area contributed by atoms with E-state index in [9.17, 15) is 50.4 Å². The Morgan fingerprint density at radius 1 is 0.908 bits per heavy atom. The van der Waals surface area contributed by atoms with E-state index in [1.807, 2.05) is 19.0 Å². The largest absolute Gasteiger partial charge is 0.446 e. The molecule has 17 unspecified atom stereocenters. The van der Waals surface area contributed by atoms with Gasteiger partial charge < -0.3 is 75.5 Å². The van der Waals surface area contributed by atoms with Crippen LogP contribution in [-0.2, 0) is 19.0 Å². The first-order valence-electron chi connectivity index (χ1n) is 24.7. The summed E-state index contributed by atoms with van der Waals surface area (Å²) in [6.07, 6.45) is -1.49. The number of aliphatic hydroxyl groups excluding tert-OH is 8. The van der Waals surface area contributed by atoms with Gasteiger partial charge in [0.05, 0.1) is 13.2 Å². The van der Waals surface area contributed by atoms with Crippen LogP contribution in [0.25, 0.3) is 0 Å². The minimum absolute atomic E-state index is 0.0385. The van der Waals surface area contributed by atoms with Gasteiger partial charge in [0, 0.05) is 45.7 Å². The minimum Gasteiger partial charge on any atom is -0.446 e. The molecule has 0 bridgehead atoms. The van der Waals surface area contributed by atoms with Gasteiger partial charge in [0.1, 0.15) is 48.8 Å². The van der Waals surface area contributed by atoms with Crippen LogP contribution >= 0.6 is 0 Å². The van der Waals surface area contributed by atoms with Gasteiger partial charge in [0.15, 0.2) is 12.4 Å². The number of hydrogen-bond donors (Lipinski definition) is 10. The van der Waals surface area contributed by atoms with Crippen LogP contribution < -0.4 is 10.6 Å². The molecule has 4 fully saturated rings. The second-order valence-corrected chi connectivity index (χ2v) is 21.2. The average molecular weight is 927 g/mol. The highest BCUT2D eigenvalue weighted by atomic mass is 16.7. The monoisotopic (exact) mass is 927 g/mol. The molecule has 0 aromatic carbocycles. The van der Waals surface area contributed by atoms with Gasteiger partial charge in [-0.25, -0.2) is 4.79 Å². The summed E-state index contributed by atoms with van der Waals surface area (Å²) in [7, 11) is 3.65. The van der Waals surface area contributed by atoms with E-state index in [4.69, 9.17) is 14.2 Å². The zero-order valence-corrected chi connectivity index (χ0v) is 40.3. The summed E-state index contributed by atoms with van der Waals surface area (Å²) >= 11 is 0. The topological polar surface area (TPSA) is 254 Å². The Balaban J connectivity index is 1.09. The van der Waals surface area contributed by atoms with Crippen LogP contribution in [0.15, 0.2) is 11.6 Å². The highest BCUT2D eigenvalue weighted by molar-refractivity contribution is 5.81. The predicted octanol–water partition coefficient (Wildman–Crippen LogP) is 1.36. The third kappa shape index (κ3) is 12.6. The normalized spacial score (nSPS) is 35.9. The molecule has 5 aliphatic rings. The van der Waals surface area contributed by atoms with Crippen LogP contribution in [0.4, 0.5) is 4.79 Å². The van der Waals surface area contributed by atoms with E-state index in [1.54, 1.807) is 4.90 Å². The zero-order chi connectivity index (χ0) is 47.8. The van der Waals surface area contributed by atoms with Crippen molar-refractivity contribution in [3.63, 3.8) is 0 Å². The van der Waals surface area contributed by atoms with Crippen LogP contribution in [0.2, 0.25) is 0 Å². The molecule has 0 radical (unpaired) electrons. The molecule has 0 spiro atoms. The van der Waals surface area contributed by atoms with Crippen molar-refractivity contribution in [1.29, 1.82) is 0 Å². The summed E-state index contributed by atoms with van der Waals surface area (Å²) in [5, 5.41) is 87.1. The quantitative estimate of drug-likeness (QED) is 0.0650. The van der Waals surface area contributed by atoms with Crippen molar-refractivity contribution in [2.75, 3.05) is 66.6 Å². The van der Waals surface area contributed by atoms with Gasteiger partial charge in [-0.15, -0.1) is 0 Å². The summed E-state index contributed by atoms with van der Waals surface area (Å²) < 4.78 is 16.9. The van der Waals surface area contributed by atoms with Crippen LogP contribution in [0, 0.1) is 46.3 Å². The Morgan fingerprint density at radius 2 is 1.65 bits per heavy atom. The van der Waals surface area contributed by atoms with Crippen LogP contribution in [-0.4, -0.2) is 190 Å². The second-order valence-electron chi connectivity index (χ2n) is 21.2. The first-order valence-corrected chi connectivity index (χ1v) is 24.7. The third-order valence-corrected chi connectivity index (χ3v) is 16.6. The lowest BCUT2D eigenvalue weighted by Gasteiger charge is -2.58. The lowest BCUT2D eigenvalue weighted by atomic mass is 9.47. The molecule has 17 atom stereocenters. The predicted molar refractivity (Wildman–Crippen MR) is 243 cm³/mol. The van der Waals surface area contributed by atoms with Gasteiger partial charge in [-0.2, -0.15) is 0 Å². The number of aliphatic hydroxyl groups is 8. The highest BCUT2D eigenvalue weighted by Crippen LogP contribution is 2.67. The number of carbonyl (C=O) groups is 2. The van der Waals surface area contributed by atoms with Gasteiger partial charge in [0.25, 0.3) is 5.91 Å². The summed E-state index contributed by atoms with van der Waals surface area (Å²) in [4.78, 5) is 30.2. The Kier molecular flexibility index (Phi) is 19.9. The molecule has 4 aliphatic carbocycles. The Hall–Kier alpha value is -2.00. The number of amides is 2. The van der Waals surface area contributed by atoms with Gasteiger partial charge in [-0.05, 0) is 105 Å². The van der Waals surface area contributed by atoms with Gasteiger partial charge >= 0.3 is 6.09 Å². The average Bonchev–Trinajstić information content (AvgIpc) is 3.64. The second kappa shape index (κ2) is 24.0. The third-order valence-electron chi connectivity index (χ3n) is 16.6. The van der Waals surface area contributed by atoms with Crippen molar-refractivity contribution in [2.45, 2.75) is 166 Å². The van der Waals surface area contributed by atoms with Gasteiger partial charge in [0.2, 0.25) is 0 Å². The van der Waals surface area contributed by atoms with E-state index in [0.29, 0.717) is 44.1 Å². The maximum absolute atomic E-state index is 13.7. The molecule has 2 amide bonds. The molecule has 0 aromatic heterocycles. The molecule has 17 nitrogen and oxygen atoms in total. The van der Waals surface area contributed by atoms with Crippen molar-refractivity contribution >= 4 is 12.0 Å². The van der Waals surface area contributed by atoms with E-state index < -0.39 is 74.2 Å². The maximum atomic E-state index is 13.7. The molecule has 0 aromatic rings. The number of fused-ring (bicyclic) bond motifs is 5. The summed E-state index contributed by atoms with van der Waals surface area (Å²) in [5.41, 5.74) is 2.07. The molecule has 65 heavy (non-hydrogen) atoms. The molecule has 3 saturated carbocycles. The van der Waals surface area contributed by atoms with Crippen LogP contribution in [0.1, 0.15) is 105 Å². The lowest BCUT2D eigenvalue weighted by Crippen LogP contribution is -2.62. The van der Waals surface area contributed by atoms with E-state index >= 15 is 0 Å². The van der Waals surface area contributed by atoms with Crippen LogP contribution in [0.5, 0.6) is 0 Å². The smallest absolute Gasteiger partial charge is 0.410 e. The number of rotatable bonds is 23. The number of allylic oxidation sites excluding steroid dienone is 1. The van der Waals surface area contributed by atoms with E-state index in [-0.39, 0.29) is 24.2 Å². The van der Waals surface area contributed by atoms with E-state index in [2.05, 4.69) is 51.3 Å². The number of ether oxygens (including phenoxy) is 3. The van der Waals surface area contributed by atoms with Crippen molar-refractivity contribution in [3.05, 3.63) is 11.6 Å². The summed E-state index contributed by atoms with van der Waals surface area (Å²) in [6.45, 7) is 12.8. The highest BCUT2D eigenvalue weighted by Gasteiger charge is 2.59. The SMILES string of the molecule is CNCCN(CCN(C)CCNC(=O)C(O)C(O)C(OC1OC(CO)C(O)C(O)C1O)C(O)CO)C(=O)OC1CCC2(C)C(=CCC3C2CCC2(C)C(C(C)CCCC(C)C)CCC32)C1. The standard InChI is InChI=1S/C48H86N4O13/c1-28(2)9-8-10-29(3)33-13-14-34-32-12-11-30-25-31(15-17-47(30,4)35(32)16-18-48(33,34)5)63-46(62)52(22-19-49-6)24-23-51(7)21-20-50-44(61)41(59)40(58)43(36(55)26-53)65-45-42(60)39(57)38(56)37(27-54)64-45/h11,28-29,31-43,45,49,53-60H,8-10,12-27H2,1-7H3,(H,50,61). The van der Waals surface area contributed by atoms with Crippen molar-refractivity contribution in [3.8, 4) is 0 Å². The zero-order valence-electron chi connectivity index (χ0n) is 40.3. The van der Waals surface area contributed by atoms with Crippen molar-refractivity contribution in [2.24, 2.45) is 46.3 Å². The summed E-state index contributed by atoms with van der Waals surface area (Å²) in [6, 6.07) is 0. The number of carbonyl (C=O) groups excluding carboxylic acids is 2. The molecule has 1 aliphatic heterocycles. The number of likely N-dealkylation sites (N-methyl/N-ethyl adjacent to an activating group) is 2. The van der Waals surface area contributed by atoms with Crippen LogP contribution in [0.3, 0.4) is 0 Å². The van der Waals surface area contributed by atoms with Crippen molar-refractivity contribution in [1.82, 2.24) is 20.4 Å². The molecule has 376 valence electrons. The number of nitrogens with one attached hydrogen (secondary N) is 2. The fourth-order valence-corrected chi connectivity index (χ4v) is 12.6. The maximum Gasteiger partial charge on any atom is 0.410 e. The molecule has 17 heteroatoms. The van der Waals surface area contributed by atoms with Crippen molar-refractivity contribution < 1.29 is 64.7 Å². The minimum atomic E-state index is -2.16. The fraction of sp³-hybridized carbons (Fsp3) is 0.917. The Labute approximate surface area is 387 Å². The molecular formula is C48H86N4O13. The van der Waals surface area contributed by atoms with E-state index in [1.165, 1.54) is 50.5 Å². The van der Waals surface area contributed by atoms with E-state index in [0.717, 1.165) is 55.3 Å². The molecule has 1 heterocycles. The Bertz CT molecular complexity index is 1540. The summed E-state index contributed by atoms with van der Waals surface area (Å²) in [5.74, 6) is 3.58. The fourth-order valence-electron chi connectivity index (χ4n) is 12.6. The molecular weight excluding hydrogens is 841 g/mol. The number of hydrogen-bond acceptors (Lipinski definition) is 15. The first-order chi connectivity index (χ1) is 30.8. The first kappa shape index (κ1) is 53.9. The number of nitrogens with zero attached hydrogens (tertiary/aromatic N) is 2. The Morgan fingerprint density at radius 3 is 2.32 bits per heavy atom. The van der Waals surface area contributed by atoms with Gasteiger partial charge in [-0.3, -0.25) is 4.79 Å². The molecule has 10 N–H and O–H groups in total. The lowest BCUT2D eigenvalue weighted by molar-refractivity contribution is -0.326. The molecule has 1 saturated heterocycles. The van der Waals surface area contributed by atoms with Gasteiger partial charge in [-0.1, -0.05) is 65.5 Å².